The fourth-order valence-corrected chi connectivity index (χ4v) is 2.32. The molecule has 0 aromatic heterocycles. The van der Waals surface area contributed by atoms with Crippen molar-refractivity contribution in [2.24, 2.45) is 0 Å². The van der Waals surface area contributed by atoms with Gasteiger partial charge >= 0.3 is 5.97 Å². The van der Waals surface area contributed by atoms with Gasteiger partial charge in [-0.3, -0.25) is 0 Å². The summed E-state index contributed by atoms with van der Waals surface area (Å²) in [5.41, 5.74) is -1.24. The number of hydrogen-bond acceptors (Lipinski definition) is 3. The van der Waals surface area contributed by atoms with Crippen molar-refractivity contribution in [3.63, 3.8) is 0 Å². The van der Waals surface area contributed by atoms with Gasteiger partial charge in [-0.25, -0.2) is 4.79 Å². The van der Waals surface area contributed by atoms with Crippen molar-refractivity contribution in [3.8, 4) is 0 Å². The molecule has 0 N–H and O–H groups in total. The second-order valence-electron chi connectivity index (χ2n) is 5.52. The zero-order valence-electron chi connectivity index (χ0n) is 9.35. The third kappa shape index (κ3) is 1.26. The quantitative estimate of drug-likeness (QED) is 0.478. The number of esters is 1. The fraction of sp³-hybridized carbons (Fsp3) is 0.909. The van der Waals surface area contributed by atoms with Crippen LogP contribution < -0.4 is 0 Å². The van der Waals surface area contributed by atoms with E-state index in [1.807, 2.05) is 27.7 Å². The Morgan fingerprint density at radius 1 is 1.36 bits per heavy atom. The lowest BCUT2D eigenvalue weighted by Crippen LogP contribution is -2.36. The molecule has 0 aromatic carbocycles. The topological polar surface area (TPSA) is 38.8 Å². The molecule has 2 unspecified atom stereocenters. The average molecular weight is 198 g/mol. The number of hydrogen-bond donors (Lipinski definition) is 0. The highest BCUT2D eigenvalue weighted by Gasteiger charge is 2.75. The van der Waals surface area contributed by atoms with Gasteiger partial charge in [0, 0.05) is 0 Å². The van der Waals surface area contributed by atoms with Gasteiger partial charge in [0.25, 0.3) is 0 Å². The van der Waals surface area contributed by atoms with Crippen molar-refractivity contribution in [1.29, 1.82) is 0 Å². The van der Waals surface area contributed by atoms with Crippen LogP contribution in [0.4, 0.5) is 0 Å². The molecule has 0 bridgehead atoms. The summed E-state index contributed by atoms with van der Waals surface area (Å²) in [4.78, 5) is 11.9. The Kier molecular flexibility index (Phi) is 1.79. The van der Waals surface area contributed by atoms with Crippen LogP contribution in [0.1, 0.15) is 47.0 Å². The minimum Gasteiger partial charge on any atom is -0.458 e. The molecule has 0 spiro atoms. The molecule has 1 aliphatic carbocycles. The summed E-state index contributed by atoms with van der Waals surface area (Å²) in [6.45, 7) is 7.66. The highest BCUT2D eigenvalue weighted by atomic mass is 16.7. The number of epoxide rings is 1. The van der Waals surface area contributed by atoms with Crippen LogP contribution >= 0.6 is 0 Å². The largest absolute Gasteiger partial charge is 0.458 e. The Labute approximate surface area is 84.8 Å². The van der Waals surface area contributed by atoms with Crippen LogP contribution in [-0.4, -0.2) is 22.8 Å². The first-order valence-electron chi connectivity index (χ1n) is 5.23. The molecule has 1 saturated heterocycles. The predicted molar refractivity (Wildman–Crippen MR) is 51.9 cm³/mol. The molecule has 1 heterocycles. The van der Waals surface area contributed by atoms with E-state index >= 15 is 0 Å². The summed E-state index contributed by atoms with van der Waals surface area (Å²) in [5, 5.41) is 0. The monoisotopic (exact) mass is 198 g/mol. The lowest BCUT2D eigenvalue weighted by Gasteiger charge is -2.21. The maximum Gasteiger partial charge on any atom is 0.342 e. The molecule has 3 heteroatoms. The van der Waals surface area contributed by atoms with E-state index in [0.717, 1.165) is 19.3 Å². The molecule has 80 valence electrons. The van der Waals surface area contributed by atoms with Gasteiger partial charge in [0.05, 0.1) is 0 Å². The number of carbonyl (C=O) groups is 1. The van der Waals surface area contributed by atoms with Crippen molar-refractivity contribution in [2.45, 2.75) is 63.8 Å². The molecular formula is C11H18O3. The first kappa shape index (κ1) is 9.97. The molecular weight excluding hydrogens is 180 g/mol. The van der Waals surface area contributed by atoms with Crippen LogP contribution in [0.2, 0.25) is 0 Å². The first-order chi connectivity index (χ1) is 6.29. The van der Waals surface area contributed by atoms with Gasteiger partial charge in [0.2, 0.25) is 0 Å². The van der Waals surface area contributed by atoms with Gasteiger partial charge in [-0.05, 0) is 47.0 Å². The van der Waals surface area contributed by atoms with Gasteiger partial charge in [-0.15, -0.1) is 0 Å². The maximum absolute atomic E-state index is 11.9. The second kappa shape index (κ2) is 2.51. The second-order valence-corrected chi connectivity index (χ2v) is 5.52. The Bertz CT molecular complexity index is 275. The molecule has 2 atom stereocenters. The number of ether oxygens (including phenoxy) is 2. The van der Waals surface area contributed by atoms with Gasteiger partial charge in [0.1, 0.15) is 11.2 Å². The van der Waals surface area contributed by atoms with E-state index in [0.29, 0.717) is 0 Å². The number of fused-ring (bicyclic) bond motifs is 1. The molecule has 0 aromatic rings. The zero-order chi connectivity index (χ0) is 10.6. The van der Waals surface area contributed by atoms with E-state index in [2.05, 4.69) is 0 Å². The predicted octanol–water partition coefficient (Wildman–Crippen LogP) is 2.04. The Hall–Kier alpha value is -0.570. The maximum atomic E-state index is 11.9. The lowest BCUT2D eigenvalue weighted by molar-refractivity contribution is -0.161. The molecule has 14 heavy (non-hydrogen) atoms. The minimum absolute atomic E-state index is 0.176. The van der Waals surface area contributed by atoms with Gasteiger partial charge in [0.15, 0.2) is 5.60 Å². The Morgan fingerprint density at radius 3 is 2.36 bits per heavy atom. The van der Waals surface area contributed by atoms with E-state index in [9.17, 15) is 4.79 Å². The molecule has 2 aliphatic rings. The summed E-state index contributed by atoms with van der Waals surface area (Å²) < 4.78 is 10.9. The normalized spacial score (nSPS) is 40.6. The summed E-state index contributed by atoms with van der Waals surface area (Å²) in [6, 6.07) is 0. The summed E-state index contributed by atoms with van der Waals surface area (Å²) >= 11 is 0. The Morgan fingerprint density at radius 2 is 2.00 bits per heavy atom. The minimum atomic E-state index is -0.597. The van der Waals surface area contributed by atoms with Crippen LogP contribution in [0.15, 0.2) is 0 Å². The van der Waals surface area contributed by atoms with Crippen LogP contribution in [0.5, 0.6) is 0 Å². The van der Waals surface area contributed by atoms with Gasteiger partial charge in [-0.2, -0.15) is 0 Å². The summed E-state index contributed by atoms with van der Waals surface area (Å²) in [7, 11) is 0. The van der Waals surface area contributed by atoms with E-state index in [1.54, 1.807) is 0 Å². The average Bonchev–Trinajstić information content (AvgIpc) is 2.44. The smallest absolute Gasteiger partial charge is 0.342 e. The molecule has 1 saturated carbocycles. The fourth-order valence-electron chi connectivity index (χ4n) is 2.32. The molecule has 2 fully saturated rings. The molecule has 0 amide bonds. The standard InChI is InChI=1S/C11H18O3/c1-9(2,3)13-8(12)11-7-5-6-10(11,4)14-11/h5-7H2,1-4H3. The number of carbonyl (C=O) groups excluding carboxylic acids is 1. The SMILES string of the molecule is CC(C)(C)OC(=O)C12CCCC1(C)O2. The summed E-state index contributed by atoms with van der Waals surface area (Å²) in [5.74, 6) is -0.176. The molecule has 3 nitrogen and oxygen atoms in total. The zero-order valence-corrected chi connectivity index (χ0v) is 9.35. The molecule has 0 radical (unpaired) electrons. The van der Waals surface area contributed by atoms with Crippen LogP contribution in [0, 0.1) is 0 Å². The lowest BCUT2D eigenvalue weighted by atomic mass is 9.98. The van der Waals surface area contributed by atoms with E-state index in [-0.39, 0.29) is 11.6 Å². The van der Waals surface area contributed by atoms with Gasteiger partial charge in [-0.1, -0.05) is 0 Å². The van der Waals surface area contributed by atoms with Crippen LogP contribution in [-0.2, 0) is 14.3 Å². The van der Waals surface area contributed by atoms with Crippen molar-refractivity contribution in [2.75, 3.05) is 0 Å². The Balaban J connectivity index is 2.07. The number of rotatable bonds is 1. The molecule has 2 rings (SSSR count). The van der Waals surface area contributed by atoms with E-state index in [4.69, 9.17) is 9.47 Å². The van der Waals surface area contributed by atoms with Crippen molar-refractivity contribution >= 4 is 5.97 Å². The van der Waals surface area contributed by atoms with E-state index < -0.39 is 11.2 Å². The van der Waals surface area contributed by atoms with Crippen molar-refractivity contribution < 1.29 is 14.3 Å². The highest BCUT2D eigenvalue weighted by Crippen LogP contribution is 2.60. The molecule has 1 aliphatic heterocycles. The first-order valence-corrected chi connectivity index (χ1v) is 5.23. The van der Waals surface area contributed by atoms with Crippen LogP contribution in [0.3, 0.4) is 0 Å². The van der Waals surface area contributed by atoms with Gasteiger partial charge < -0.3 is 9.47 Å². The third-order valence-electron chi connectivity index (χ3n) is 3.12. The van der Waals surface area contributed by atoms with Crippen LogP contribution in [0.25, 0.3) is 0 Å². The van der Waals surface area contributed by atoms with E-state index in [1.165, 1.54) is 0 Å². The third-order valence-corrected chi connectivity index (χ3v) is 3.12. The highest BCUT2D eigenvalue weighted by molar-refractivity contribution is 5.85. The summed E-state index contributed by atoms with van der Waals surface area (Å²) in [6.07, 6.45) is 2.86. The van der Waals surface area contributed by atoms with Crippen molar-refractivity contribution in [3.05, 3.63) is 0 Å². The van der Waals surface area contributed by atoms with Crippen molar-refractivity contribution in [1.82, 2.24) is 0 Å².